The standard InChI is InChI=1S/C14H18N4/c1-10-9-13(17-14(15-2)16-10)11-5-7-12(8-6-11)18(3)4/h5-9H,1-4H3,(H,15,16,17). The lowest BCUT2D eigenvalue weighted by Crippen LogP contribution is -2.08. The number of aromatic nitrogens is 2. The van der Waals surface area contributed by atoms with Crippen molar-refractivity contribution in [2.24, 2.45) is 0 Å². The lowest BCUT2D eigenvalue weighted by atomic mass is 10.1. The van der Waals surface area contributed by atoms with Crippen LogP contribution in [-0.4, -0.2) is 31.1 Å². The van der Waals surface area contributed by atoms with E-state index < -0.39 is 0 Å². The Bertz CT molecular complexity index is 532. The molecule has 0 fully saturated rings. The molecular formula is C14H18N4. The molecule has 0 aliphatic rings. The quantitative estimate of drug-likeness (QED) is 0.898. The van der Waals surface area contributed by atoms with Gasteiger partial charge < -0.3 is 10.2 Å². The summed E-state index contributed by atoms with van der Waals surface area (Å²) < 4.78 is 0. The lowest BCUT2D eigenvalue weighted by Gasteiger charge is -2.12. The van der Waals surface area contributed by atoms with Crippen LogP contribution in [0.5, 0.6) is 0 Å². The van der Waals surface area contributed by atoms with Gasteiger partial charge in [-0.1, -0.05) is 12.1 Å². The summed E-state index contributed by atoms with van der Waals surface area (Å²) in [6.45, 7) is 1.97. The van der Waals surface area contributed by atoms with Gasteiger partial charge in [0, 0.05) is 38.1 Å². The molecule has 4 heteroatoms. The predicted molar refractivity (Wildman–Crippen MR) is 76.1 cm³/mol. The molecule has 0 atom stereocenters. The minimum absolute atomic E-state index is 0.654. The first-order valence-corrected chi connectivity index (χ1v) is 5.91. The van der Waals surface area contributed by atoms with Crippen LogP contribution in [0.15, 0.2) is 30.3 Å². The Kier molecular flexibility index (Phi) is 3.46. The van der Waals surface area contributed by atoms with E-state index in [1.807, 2.05) is 34.1 Å². The van der Waals surface area contributed by atoms with Crippen LogP contribution in [-0.2, 0) is 0 Å². The predicted octanol–water partition coefficient (Wildman–Crippen LogP) is 2.56. The number of aryl methyl sites for hydroxylation is 1. The molecule has 0 aliphatic carbocycles. The van der Waals surface area contributed by atoms with Gasteiger partial charge in [-0.25, -0.2) is 9.97 Å². The van der Waals surface area contributed by atoms with Gasteiger partial charge in [-0.2, -0.15) is 0 Å². The number of nitrogens with zero attached hydrogens (tertiary/aromatic N) is 3. The molecule has 94 valence electrons. The maximum Gasteiger partial charge on any atom is 0.223 e. The zero-order valence-corrected chi connectivity index (χ0v) is 11.2. The Morgan fingerprint density at radius 1 is 1.06 bits per heavy atom. The second kappa shape index (κ2) is 5.04. The average Bonchev–Trinajstić information content (AvgIpc) is 2.38. The van der Waals surface area contributed by atoms with Crippen molar-refractivity contribution >= 4 is 11.6 Å². The molecule has 0 bridgehead atoms. The summed E-state index contributed by atoms with van der Waals surface area (Å²) in [7, 11) is 5.89. The Labute approximate surface area is 108 Å². The van der Waals surface area contributed by atoms with E-state index in [1.54, 1.807) is 0 Å². The Morgan fingerprint density at radius 3 is 2.28 bits per heavy atom. The molecule has 1 aromatic carbocycles. The highest BCUT2D eigenvalue weighted by Gasteiger charge is 2.04. The van der Waals surface area contributed by atoms with E-state index >= 15 is 0 Å². The topological polar surface area (TPSA) is 41.1 Å². The van der Waals surface area contributed by atoms with Crippen LogP contribution in [0.4, 0.5) is 11.6 Å². The largest absolute Gasteiger partial charge is 0.378 e. The highest BCUT2D eigenvalue weighted by molar-refractivity contribution is 5.64. The van der Waals surface area contributed by atoms with E-state index in [4.69, 9.17) is 0 Å². The van der Waals surface area contributed by atoms with Crippen LogP contribution < -0.4 is 10.2 Å². The van der Waals surface area contributed by atoms with Gasteiger partial charge in [0.25, 0.3) is 0 Å². The molecule has 2 rings (SSSR count). The molecule has 0 spiro atoms. The van der Waals surface area contributed by atoms with Gasteiger partial charge in [0.1, 0.15) is 0 Å². The van der Waals surface area contributed by atoms with Crippen LogP contribution in [0.25, 0.3) is 11.3 Å². The summed E-state index contributed by atoms with van der Waals surface area (Å²) in [6, 6.07) is 10.3. The summed E-state index contributed by atoms with van der Waals surface area (Å²) in [6.07, 6.45) is 0. The van der Waals surface area contributed by atoms with Gasteiger partial charge >= 0.3 is 0 Å². The normalized spacial score (nSPS) is 10.2. The maximum atomic E-state index is 4.46. The fourth-order valence-electron chi connectivity index (χ4n) is 1.76. The van der Waals surface area contributed by atoms with Gasteiger partial charge in [-0.15, -0.1) is 0 Å². The number of hydrogen-bond acceptors (Lipinski definition) is 4. The minimum Gasteiger partial charge on any atom is -0.378 e. The molecule has 1 aromatic heterocycles. The third-order valence-electron chi connectivity index (χ3n) is 2.76. The van der Waals surface area contributed by atoms with Gasteiger partial charge in [-0.3, -0.25) is 0 Å². The van der Waals surface area contributed by atoms with Crippen molar-refractivity contribution in [3.05, 3.63) is 36.0 Å². The molecule has 0 unspecified atom stereocenters. The van der Waals surface area contributed by atoms with Gasteiger partial charge in [0.15, 0.2) is 0 Å². The monoisotopic (exact) mass is 242 g/mol. The molecule has 18 heavy (non-hydrogen) atoms. The van der Waals surface area contributed by atoms with Crippen LogP contribution in [0.3, 0.4) is 0 Å². The van der Waals surface area contributed by atoms with Gasteiger partial charge in [0.2, 0.25) is 5.95 Å². The smallest absolute Gasteiger partial charge is 0.223 e. The molecule has 2 aromatic rings. The van der Waals surface area contributed by atoms with Gasteiger partial charge in [-0.05, 0) is 25.1 Å². The molecule has 0 saturated heterocycles. The van der Waals surface area contributed by atoms with E-state index in [-0.39, 0.29) is 0 Å². The van der Waals surface area contributed by atoms with Crippen molar-refractivity contribution in [3.63, 3.8) is 0 Å². The summed E-state index contributed by atoms with van der Waals surface area (Å²) >= 11 is 0. The molecule has 0 aliphatic heterocycles. The van der Waals surface area contributed by atoms with Crippen LogP contribution in [0.2, 0.25) is 0 Å². The van der Waals surface area contributed by atoms with Crippen molar-refractivity contribution in [3.8, 4) is 11.3 Å². The van der Waals surface area contributed by atoms with Crippen LogP contribution in [0.1, 0.15) is 5.69 Å². The van der Waals surface area contributed by atoms with Crippen molar-refractivity contribution in [2.75, 3.05) is 31.4 Å². The van der Waals surface area contributed by atoms with E-state index in [1.165, 1.54) is 5.69 Å². The first kappa shape index (κ1) is 12.4. The molecule has 4 nitrogen and oxygen atoms in total. The first-order chi connectivity index (χ1) is 8.60. The Balaban J connectivity index is 2.39. The minimum atomic E-state index is 0.654. The summed E-state index contributed by atoms with van der Waals surface area (Å²) in [4.78, 5) is 10.8. The average molecular weight is 242 g/mol. The van der Waals surface area contributed by atoms with Crippen molar-refractivity contribution < 1.29 is 0 Å². The summed E-state index contributed by atoms with van der Waals surface area (Å²) in [5.74, 6) is 0.654. The molecule has 0 radical (unpaired) electrons. The lowest BCUT2D eigenvalue weighted by molar-refractivity contribution is 1.10. The van der Waals surface area contributed by atoms with Crippen LogP contribution in [0, 0.1) is 6.92 Å². The molecule has 0 saturated carbocycles. The molecule has 1 N–H and O–H groups in total. The van der Waals surface area contributed by atoms with E-state index in [0.717, 1.165) is 17.0 Å². The summed E-state index contributed by atoms with van der Waals surface area (Å²) in [5, 5.41) is 2.98. The number of hydrogen-bond donors (Lipinski definition) is 1. The second-order valence-corrected chi connectivity index (χ2v) is 4.41. The number of nitrogens with one attached hydrogen (secondary N) is 1. The van der Waals surface area contributed by atoms with E-state index in [9.17, 15) is 0 Å². The number of benzene rings is 1. The highest BCUT2D eigenvalue weighted by Crippen LogP contribution is 2.22. The zero-order valence-electron chi connectivity index (χ0n) is 11.2. The fraction of sp³-hybridized carbons (Fsp3) is 0.286. The number of anilines is 2. The Hall–Kier alpha value is -2.10. The van der Waals surface area contributed by atoms with Crippen molar-refractivity contribution in [1.29, 1.82) is 0 Å². The molecule has 0 amide bonds. The third kappa shape index (κ3) is 2.59. The third-order valence-corrected chi connectivity index (χ3v) is 2.76. The highest BCUT2D eigenvalue weighted by atomic mass is 15.1. The van der Waals surface area contributed by atoms with Crippen LogP contribution >= 0.6 is 0 Å². The SMILES string of the molecule is CNc1nc(C)cc(-c2ccc(N(C)C)cc2)n1. The first-order valence-electron chi connectivity index (χ1n) is 5.91. The maximum absolute atomic E-state index is 4.46. The molecule has 1 heterocycles. The van der Waals surface area contributed by atoms with Crippen molar-refractivity contribution in [1.82, 2.24) is 9.97 Å². The van der Waals surface area contributed by atoms with E-state index in [2.05, 4.69) is 44.5 Å². The summed E-state index contributed by atoms with van der Waals surface area (Å²) in [5.41, 5.74) is 4.18. The Morgan fingerprint density at radius 2 is 1.72 bits per heavy atom. The second-order valence-electron chi connectivity index (χ2n) is 4.41. The van der Waals surface area contributed by atoms with E-state index in [0.29, 0.717) is 5.95 Å². The van der Waals surface area contributed by atoms with Gasteiger partial charge in [0.05, 0.1) is 5.69 Å². The number of rotatable bonds is 3. The zero-order chi connectivity index (χ0) is 13.1. The molecular weight excluding hydrogens is 224 g/mol. The fourth-order valence-corrected chi connectivity index (χ4v) is 1.76. The van der Waals surface area contributed by atoms with Crippen molar-refractivity contribution in [2.45, 2.75) is 6.92 Å².